The topological polar surface area (TPSA) is 27.7 Å². The Kier molecular flexibility index (Phi) is 6.41. The van der Waals surface area contributed by atoms with E-state index in [0.717, 1.165) is 26.2 Å². The van der Waals surface area contributed by atoms with E-state index in [9.17, 15) is 0 Å². The van der Waals surface area contributed by atoms with Gasteiger partial charge in [0, 0.05) is 38.8 Å². The Morgan fingerprint density at radius 2 is 1.88 bits per heavy atom. The van der Waals surface area contributed by atoms with Crippen LogP contribution >= 0.6 is 0 Å². The maximum Gasteiger partial charge on any atom is 0.0587 e. The molecule has 0 bridgehead atoms. The molecule has 0 spiro atoms. The minimum Gasteiger partial charge on any atom is -0.383 e. The van der Waals surface area contributed by atoms with Crippen LogP contribution in [-0.4, -0.2) is 76.4 Å². The second-order valence-electron chi connectivity index (χ2n) is 5.45. The smallest absolute Gasteiger partial charge is 0.0587 e. The first-order valence-corrected chi connectivity index (χ1v) is 6.66. The van der Waals surface area contributed by atoms with Gasteiger partial charge in [0.15, 0.2) is 0 Å². The lowest BCUT2D eigenvalue weighted by atomic mass is 9.75. The highest BCUT2D eigenvalue weighted by Crippen LogP contribution is 2.36. The van der Waals surface area contributed by atoms with Crippen LogP contribution in [0.1, 0.15) is 19.3 Å². The highest BCUT2D eigenvalue weighted by molar-refractivity contribution is 4.97. The lowest BCUT2D eigenvalue weighted by Crippen LogP contribution is -2.57. The van der Waals surface area contributed by atoms with E-state index in [1.54, 1.807) is 7.11 Å². The molecule has 1 rings (SSSR count). The molecule has 0 aromatic rings. The van der Waals surface area contributed by atoms with E-state index < -0.39 is 0 Å². The quantitative estimate of drug-likeness (QED) is 0.602. The van der Waals surface area contributed by atoms with Gasteiger partial charge in [-0.25, -0.2) is 0 Å². The molecule has 0 heterocycles. The molecule has 17 heavy (non-hydrogen) atoms. The maximum atomic E-state index is 5.00. The molecule has 4 nitrogen and oxygen atoms in total. The van der Waals surface area contributed by atoms with Crippen molar-refractivity contribution in [1.82, 2.24) is 15.1 Å². The number of likely N-dealkylation sites (N-methyl/N-ethyl adjacent to an activating group) is 2. The molecule has 4 heteroatoms. The van der Waals surface area contributed by atoms with Crippen molar-refractivity contribution < 1.29 is 4.74 Å². The number of ether oxygens (including phenoxy) is 1. The number of hydrogen-bond donors (Lipinski definition) is 1. The third-order valence-corrected chi connectivity index (χ3v) is 3.95. The van der Waals surface area contributed by atoms with Gasteiger partial charge in [-0.1, -0.05) is 0 Å². The molecular formula is C13H29N3O. The Hall–Kier alpha value is -0.160. The molecule has 1 fully saturated rings. The van der Waals surface area contributed by atoms with Gasteiger partial charge >= 0.3 is 0 Å². The fourth-order valence-corrected chi connectivity index (χ4v) is 2.48. The van der Waals surface area contributed by atoms with Gasteiger partial charge in [0.2, 0.25) is 0 Å². The number of rotatable bonds is 9. The van der Waals surface area contributed by atoms with Crippen LogP contribution < -0.4 is 5.32 Å². The summed E-state index contributed by atoms with van der Waals surface area (Å²) in [6, 6.07) is 0. The summed E-state index contributed by atoms with van der Waals surface area (Å²) in [5, 5.41) is 3.39. The van der Waals surface area contributed by atoms with Crippen LogP contribution in [0, 0.1) is 0 Å². The van der Waals surface area contributed by atoms with Crippen molar-refractivity contribution in [3.05, 3.63) is 0 Å². The fraction of sp³-hybridized carbons (Fsp3) is 1.00. The second-order valence-corrected chi connectivity index (χ2v) is 5.45. The fourth-order valence-electron chi connectivity index (χ4n) is 2.48. The normalized spacial score (nSPS) is 18.7. The van der Waals surface area contributed by atoms with E-state index in [2.05, 4.69) is 36.3 Å². The summed E-state index contributed by atoms with van der Waals surface area (Å²) >= 11 is 0. The van der Waals surface area contributed by atoms with Crippen LogP contribution in [0.15, 0.2) is 0 Å². The first-order chi connectivity index (χ1) is 8.10. The van der Waals surface area contributed by atoms with E-state index in [1.807, 2.05) is 0 Å². The Labute approximate surface area is 106 Å². The summed E-state index contributed by atoms with van der Waals surface area (Å²) in [5.74, 6) is 0. The summed E-state index contributed by atoms with van der Waals surface area (Å²) in [6.07, 6.45) is 4.08. The van der Waals surface area contributed by atoms with Crippen LogP contribution in [0.5, 0.6) is 0 Å². The molecule has 0 aromatic carbocycles. The van der Waals surface area contributed by atoms with Crippen molar-refractivity contribution in [3.8, 4) is 0 Å². The summed E-state index contributed by atoms with van der Waals surface area (Å²) in [6.45, 7) is 5.09. The van der Waals surface area contributed by atoms with Crippen molar-refractivity contribution in [2.75, 3.05) is 61.0 Å². The molecule has 1 aliphatic rings. The highest BCUT2D eigenvalue weighted by atomic mass is 16.5. The number of nitrogens with zero attached hydrogens (tertiary/aromatic N) is 2. The Morgan fingerprint density at radius 3 is 2.35 bits per heavy atom. The molecule has 0 unspecified atom stereocenters. The van der Waals surface area contributed by atoms with Gasteiger partial charge < -0.3 is 19.9 Å². The summed E-state index contributed by atoms with van der Waals surface area (Å²) in [4.78, 5) is 4.85. The van der Waals surface area contributed by atoms with Crippen LogP contribution in [0.2, 0.25) is 0 Å². The number of hydrogen-bond acceptors (Lipinski definition) is 4. The summed E-state index contributed by atoms with van der Waals surface area (Å²) in [5.41, 5.74) is 0.446. The molecular weight excluding hydrogens is 214 g/mol. The summed E-state index contributed by atoms with van der Waals surface area (Å²) in [7, 11) is 8.39. The minimum absolute atomic E-state index is 0.446. The van der Waals surface area contributed by atoms with E-state index in [0.29, 0.717) is 5.54 Å². The molecule has 0 radical (unpaired) electrons. The zero-order valence-electron chi connectivity index (χ0n) is 12.0. The molecule has 0 amide bonds. The van der Waals surface area contributed by atoms with E-state index in [1.165, 1.54) is 25.8 Å². The lowest BCUT2D eigenvalue weighted by Gasteiger charge is -2.49. The van der Waals surface area contributed by atoms with Gasteiger partial charge in [-0.2, -0.15) is 0 Å². The third kappa shape index (κ3) is 4.54. The van der Waals surface area contributed by atoms with Gasteiger partial charge in [-0.3, -0.25) is 0 Å². The first kappa shape index (κ1) is 14.9. The summed E-state index contributed by atoms with van der Waals surface area (Å²) < 4.78 is 5.00. The predicted octanol–water partition coefficient (Wildman–Crippen LogP) is 0.639. The van der Waals surface area contributed by atoms with Gasteiger partial charge in [-0.15, -0.1) is 0 Å². The van der Waals surface area contributed by atoms with Gasteiger partial charge in [-0.05, 0) is 40.4 Å². The molecule has 102 valence electrons. The second kappa shape index (κ2) is 7.31. The van der Waals surface area contributed by atoms with Gasteiger partial charge in [0.25, 0.3) is 0 Å². The first-order valence-electron chi connectivity index (χ1n) is 6.66. The van der Waals surface area contributed by atoms with Crippen LogP contribution in [0.25, 0.3) is 0 Å². The third-order valence-electron chi connectivity index (χ3n) is 3.95. The largest absolute Gasteiger partial charge is 0.383 e. The molecule has 0 aromatic heterocycles. The predicted molar refractivity (Wildman–Crippen MR) is 72.5 cm³/mol. The van der Waals surface area contributed by atoms with Crippen LogP contribution in [0.4, 0.5) is 0 Å². The molecule has 0 saturated heterocycles. The van der Waals surface area contributed by atoms with Gasteiger partial charge in [0.1, 0.15) is 0 Å². The van der Waals surface area contributed by atoms with Crippen LogP contribution in [0.3, 0.4) is 0 Å². The highest BCUT2D eigenvalue weighted by Gasteiger charge is 2.39. The van der Waals surface area contributed by atoms with Crippen molar-refractivity contribution in [1.29, 1.82) is 0 Å². The molecule has 0 atom stereocenters. The van der Waals surface area contributed by atoms with E-state index in [4.69, 9.17) is 4.74 Å². The maximum absolute atomic E-state index is 5.00. The van der Waals surface area contributed by atoms with Crippen molar-refractivity contribution >= 4 is 0 Å². The zero-order chi connectivity index (χ0) is 12.7. The van der Waals surface area contributed by atoms with Crippen molar-refractivity contribution in [2.45, 2.75) is 24.8 Å². The Bertz CT molecular complexity index is 205. The molecule has 1 N–H and O–H groups in total. The van der Waals surface area contributed by atoms with E-state index >= 15 is 0 Å². The molecule has 0 aliphatic heterocycles. The zero-order valence-corrected chi connectivity index (χ0v) is 12.0. The number of nitrogens with one attached hydrogen (secondary N) is 1. The van der Waals surface area contributed by atoms with E-state index in [-0.39, 0.29) is 0 Å². The average molecular weight is 243 g/mol. The van der Waals surface area contributed by atoms with Crippen LogP contribution in [-0.2, 0) is 4.74 Å². The Balaban J connectivity index is 2.13. The SMILES string of the molecule is COCCNCCN(C)CC1(N(C)C)CCC1. The molecule has 1 saturated carbocycles. The van der Waals surface area contributed by atoms with Crippen molar-refractivity contribution in [3.63, 3.8) is 0 Å². The lowest BCUT2D eigenvalue weighted by molar-refractivity contribution is 0.0281. The number of methoxy groups -OCH3 is 1. The Morgan fingerprint density at radius 1 is 1.18 bits per heavy atom. The standard InChI is InChI=1S/C13H29N3O/c1-15(2)13(6-5-7-13)12-16(3)10-8-14-9-11-17-4/h14H,5-12H2,1-4H3. The minimum atomic E-state index is 0.446. The monoisotopic (exact) mass is 243 g/mol. The van der Waals surface area contributed by atoms with Gasteiger partial charge in [0.05, 0.1) is 6.61 Å². The van der Waals surface area contributed by atoms with Crippen molar-refractivity contribution in [2.24, 2.45) is 0 Å². The molecule has 1 aliphatic carbocycles. The average Bonchev–Trinajstić information content (AvgIpc) is 2.22.